The summed E-state index contributed by atoms with van der Waals surface area (Å²) in [5.41, 5.74) is 5.11. The first-order chi connectivity index (χ1) is 23.3. The molecule has 2 aromatic heterocycles. The van der Waals surface area contributed by atoms with E-state index in [1.165, 1.54) is 18.2 Å². The Morgan fingerprint density at radius 2 is 1.75 bits per heavy atom. The lowest BCUT2D eigenvalue weighted by Crippen LogP contribution is -2.44. The molecule has 10 nitrogen and oxygen atoms in total. The third-order valence-electron chi connectivity index (χ3n) is 9.12. The van der Waals surface area contributed by atoms with Gasteiger partial charge >= 0.3 is 0 Å². The molecule has 0 bridgehead atoms. The number of H-pyrrole nitrogens is 2. The topological polar surface area (TPSA) is 118 Å². The third kappa shape index (κ3) is 6.95. The fourth-order valence-corrected chi connectivity index (χ4v) is 6.51. The molecule has 0 saturated carbocycles. The lowest BCUT2D eigenvalue weighted by atomic mass is 9.93. The predicted molar refractivity (Wildman–Crippen MR) is 183 cm³/mol. The molecule has 12 heteroatoms. The molecular formula is C36H37F2N7O3. The SMILES string of the molecule is CN1CCN(c2ccc(C(=O)Nc3n[nH]c4cc(-c5cc[nH]c(=O)c5)c(Cc5cc(F)cc(F)c5)cc34)c(NC3CCOCC3)c2)CC1. The first kappa shape index (κ1) is 31.5. The second-order valence-corrected chi connectivity index (χ2v) is 12.5. The zero-order chi connectivity index (χ0) is 33.2. The quantitative estimate of drug-likeness (QED) is 0.178. The number of anilines is 3. The molecule has 48 heavy (non-hydrogen) atoms. The average molecular weight is 654 g/mol. The van der Waals surface area contributed by atoms with Crippen LogP contribution in [0.4, 0.5) is 26.0 Å². The van der Waals surface area contributed by atoms with Gasteiger partial charge in [-0.3, -0.25) is 14.7 Å². The number of fused-ring (bicyclic) bond motifs is 1. The van der Waals surface area contributed by atoms with Crippen LogP contribution in [0.1, 0.15) is 34.3 Å². The van der Waals surface area contributed by atoms with Crippen molar-refractivity contribution < 1.29 is 18.3 Å². The van der Waals surface area contributed by atoms with Crippen molar-refractivity contribution in [3.8, 4) is 11.1 Å². The summed E-state index contributed by atoms with van der Waals surface area (Å²) in [7, 11) is 2.12. The van der Waals surface area contributed by atoms with Crippen molar-refractivity contribution >= 4 is 34.0 Å². The van der Waals surface area contributed by atoms with Gasteiger partial charge in [-0.2, -0.15) is 5.10 Å². The minimum atomic E-state index is -0.677. The Balaban J connectivity index is 1.23. The van der Waals surface area contributed by atoms with Crippen LogP contribution in [0.2, 0.25) is 0 Å². The zero-order valence-electron chi connectivity index (χ0n) is 26.6. The molecule has 2 saturated heterocycles. The van der Waals surface area contributed by atoms with Crippen LogP contribution in [0.5, 0.6) is 0 Å². The number of pyridine rings is 1. The second-order valence-electron chi connectivity index (χ2n) is 12.5. The van der Waals surface area contributed by atoms with Gasteiger partial charge in [-0.05, 0) is 97.1 Å². The number of rotatable bonds is 8. The van der Waals surface area contributed by atoms with Gasteiger partial charge < -0.3 is 30.2 Å². The van der Waals surface area contributed by atoms with Crippen LogP contribution in [-0.4, -0.2) is 78.5 Å². The molecular weight excluding hydrogens is 616 g/mol. The van der Waals surface area contributed by atoms with E-state index >= 15 is 0 Å². The van der Waals surface area contributed by atoms with E-state index in [2.05, 4.69) is 48.7 Å². The second kappa shape index (κ2) is 13.6. The molecule has 0 unspecified atom stereocenters. The van der Waals surface area contributed by atoms with Gasteiger partial charge in [-0.15, -0.1) is 0 Å². The summed E-state index contributed by atoms with van der Waals surface area (Å²) in [6, 6.07) is 16.4. The fourth-order valence-electron chi connectivity index (χ4n) is 6.51. The molecule has 3 aromatic carbocycles. The van der Waals surface area contributed by atoms with Crippen molar-refractivity contribution in [2.24, 2.45) is 0 Å². The first-order valence-electron chi connectivity index (χ1n) is 16.2. The molecule has 1 amide bonds. The molecule has 0 radical (unpaired) electrons. The largest absolute Gasteiger partial charge is 0.381 e. The highest BCUT2D eigenvalue weighted by Gasteiger charge is 2.23. The highest BCUT2D eigenvalue weighted by atomic mass is 19.1. The number of carbonyl (C=O) groups excluding carboxylic acids is 1. The molecule has 0 aliphatic carbocycles. The summed E-state index contributed by atoms with van der Waals surface area (Å²) in [4.78, 5) is 33.4. The van der Waals surface area contributed by atoms with Crippen molar-refractivity contribution in [1.82, 2.24) is 20.1 Å². The van der Waals surface area contributed by atoms with Crippen molar-refractivity contribution in [2.45, 2.75) is 25.3 Å². The number of likely N-dealkylation sites (N-methyl/N-ethyl adjacent to an activating group) is 1. The fraction of sp³-hybridized carbons (Fsp3) is 0.306. The van der Waals surface area contributed by atoms with Crippen LogP contribution in [0, 0.1) is 11.6 Å². The number of ether oxygens (including phenoxy) is 1. The number of aromatic amines is 2. The smallest absolute Gasteiger partial charge is 0.258 e. The van der Waals surface area contributed by atoms with Crippen LogP contribution in [0.15, 0.2) is 71.7 Å². The first-order valence-corrected chi connectivity index (χ1v) is 16.2. The molecule has 2 fully saturated rings. The van der Waals surface area contributed by atoms with Crippen LogP contribution >= 0.6 is 0 Å². The zero-order valence-corrected chi connectivity index (χ0v) is 26.6. The number of amides is 1. The molecule has 7 rings (SSSR count). The molecule has 0 spiro atoms. The van der Waals surface area contributed by atoms with E-state index in [4.69, 9.17) is 4.74 Å². The number of aromatic nitrogens is 3. The number of nitrogens with zero attached hydrogens (tertiary/aromatic N) is 3. The molecule has 248 valence electrons. The lowest BCUT2D eigenvalue weighted by Gasteiger charge is -2.34. The molecule has 2 aliphatic heterocycles. The van der Waals surface area contributed by atoms with Gasteiger partial charge in [0.15, 0.2) is 5.82 Å². The Bertz CT molecular complexity index is 1990. The maximum absolute atomic E-state index is 14.1. The molecule has 2 aliphatic rings. The standard InChI is InChI=1S/C36H37F2N7O3/c1-44-8-10-45(11-9-44)28-2-3-29(32(20-28)40-27-5-12-48-13-6-27)36(47)41-35-31-17-24(14-22-15-25(37)19-26(38)16-22)30(21-33(31)42-43-35)23-4-7-39-34(46)18-23/h2-4,7,15-21,27,40H,5-6,8-14H2,1H3,(H,39,46)(H2,41,42,43,47). The van der Waals surface area contributed by atoms with E-state index in [-0.39, 0.29) is 23.9 Å². The Labute approximate surface area is 276 Å². The number of hydrogen-bond donors (Lipinski definition) is 4. The summed E-state index contributed by atoms with van der Waals surface area (Å²) in [5.74, 6) is -1.36. The van der Waals surface area contributed by atoms with Gasteiger partial charge in [0.25, 0.3) is 5.91 Å². The monoisotopic (exact) mass is 653 g/mol. The third-order valence-corrected chi connectivity index (χ3v) is 9.12. The van der Waals surface area contributed by atoms with Gasteiger partial charge in [0.1, 0.15) is 11.6 Å². The van der Waals surface area contributed by atoms with E-state index in [1.807, 2.05) is 24.3 Å². The van der Waals surface area contributed by atoms with Gasteiger partial charge in [0.2, 0.25) is 5.56 Å². The van der Waals surface area contributed by atoms with Gasteiger partial charge in [0, 0.05) is 80.5 Å². The average Bonchev–Trinajstić information content (AvgIpc) is 3.45. The summed E-state index contributed by atoms with van der Waals surface area (Å²) in [5, 5.41) is 14.7. The van der Waals surface area contributed by atoms with Gasteiger partial charge in [-0.25, -0.2) is 8.78 Å². The van der Waals surface area contributed by atoms with Crippen LogP contribution in [-0.2, 0) is 11.2 Å². The van der Waals surface area contributed by atoms with Crippen molar-refractivity contribution in [3.05, 3.63) is 106 Å². The highest BCUT2D eigenvalue weighted by Crippen LogP contribution is 2.33. The van der Waals surface area contributed by atoms with Crippen LogP contribution in [0.25, 0.3) is 22.0 Å². The number of nitrogens with one attached hydrogen (secondary N) is 4. The lowest BCUT2D eigenvalue weighted by molar-refractivity contribution is 0.0904. The van der Waals surface area contributed by atoms with Crippen molar-refractivity contribution in [2.75, 3.05) is 62.0 Å². The molecule has 5 aromatic rings. The Morgan fingerprint density at radius 3 is 2.50 bits per heavy atom. The van der Waals surface area contributed by atoms with E-state index in [9.17, 15) is 18.4 Å². The normalized spacial score (nSPS) is 15.9. The Morgan fingerprint density at radius 1 is 0.979 bits per heavy atom. The highest BCUT2D eigenvalue weighted by molar-refractivity contribution is 6.11. The summed E-state index contributed by atoms with van der Waals surface area (Å²) in [6.07, 6.45) is 3.42. The molecule has 4 N–H and O–H groups in total. The number of hydrogen-bond acceptors (Lipinski definition) is 7. The minimum absolute atomic E-state index is 0.179. The Kier molecular flexibility index (Phi) is 8.92. The van der Waals surface area contributed by atoms with Gasteiger partial charge in [-0.1, -0.05) is 0 Å². The summed E-state index contributed by atoms with van der Waals surface area (Å²) >= 11 is 0. The Hall–Kier alpha value is -5.07. The van der Waals surface area contributed by atoms with E-state index in [0.717, 1.165) is 56.5 Å². The number of carbonyl (C=O) groups is 1. The van der Waals surface area contributed by atoms with Crippen molar-refractivity contribution in [3.63, 3.8) is 0 Å². The molecule has 4 heterocycles. The maximum atomic E-state index is 14.1. The van der Waals surface area contributed by atoms with Crippen LogP contribution in [0.3, 0.4) is 0 Å². The van der Waals surface area contributed by atoms with E-state index in [0.29, 0.717) is 57.8 Å². The predicted octanol–water partition coefficient (Wildman–Crippen LogP) is 5.38. The minimum Gasteiger partial charge on any atom is -0.381 e. The van der Waals surface area contributed by atoms with E-state index in [1.54, 1.807) is 12.3 Å². The maximum Gasteiger partial charge on any atom is 0.258 e. The molecule has 0 atom stereocenters. The number of benzene rings is 3. The van der Waals surface area contributed by atoms with Crippen LogP contribution < -0.4 is 21.1 Å². The number of piperazine rings is 1. The number of halogens is 2. The van der Waals surface area contributed by atoms with Crippen molar-refractivity contribution in [1.29, 1.82) is 0 Å². The van der Waals surface area contributed by atoms with Gasteiger partial charge in [0.05, 0.1) is 11.1 Å². The summed E-state index contributed by atoms with van der Waals surface area (Å²) < 4.78 is 33.8. The summed E-state index contributed by atoms with van der Waals surface area (Å²) in [6.45, 7) is 5.08. The van der Waals surface area contributed by atoms with E-state index < -0.39 is 11.6 Å².